The van der Waals surface area contributed by atoms with Crippen molar-refractivity contribution in [1.82, 2.24) is 4.98 Å². The number of nitro groups is 2. The molecule has 3 aromatic carbocycles. The second kappa shape index (κ2) is 8.73. The zero-order valence-electron chi connectivity index (χ0n) is 17.3. The molecule has 0 radical (unpaired) electrons. The largest absolute Gasteiger partial charge is 0.283 e. The van der Waals surface area contributed by atoms with E-state index in [1.807, 2.05) is 0 Å². The number of thiazole rings is 1. The molecule has 2 heterocycles. The monoisotopic (exact) mass is 526 g/mol. The van der Waals surface area contributed by atoms with Crippen LogP contribution in [0.1, 0.15) is 26.3 Å². The van der Waals surface area contributed by atoms with Crippen LogP contribution in [0.25, 0.3) is 10.2 Å². The van der Waals surface area contributed by atoms with Crippen molar-refractivity contribution < 1.29 is 19.4 Å². The number of thioether (sulfide) groups is 1. The summed E-state index contributed by atoms with van der Waals surface area (Å²) in [6.07, 6.45) is 0. The molecule has 2 amide bonds. The van der Waals surface area contributed by atoms with Crippen molar-refractivity contribution >= 4 is 73.8 Å². The molecule has 0 spiro atoms. The summed E-state index contributed by atoms with van der Waals surface area (Å²) in [5.74, 6) is -1.18. The number of hydrogen-bond acceptors (Lipinski definition) is 9. The number of aromatic nitrogens is 1. The van der Waals surface area contributed by atoms with Gasteiger partial charge in [-0.15, -0.1) is 11.3 Å². The first-order valence-electron chi connectivity index (χ1n) is 9.87. The molecule has 0 saturated heterocycles. The van der Waals surface area contributed by atoms with Gasteiger partial charge in [-0.1, -0.05) is 35.5 Å². The maximum atomic E-state index is 13.0. The molecule has 5 rings (SSSR count). The molecule has 0 saturated carbocycles. The van der Waals surface area contributed by atoms with Crippen LogP contribution in [0.5, 0.6) is 0 Å². The highest BCUT2D eigenvalue weighted by molar-refractivity contribution is 8.00. The van der Waals surface area contributed by atoms with Crippen molar-refractivity contribution in [2.24, 2.45) is 0 Å². The van der Waals surface area contributed by atoms with Crippen LogP contribution in [0.15, 0.2) is 58.9 Å². The van der Waals surface area contributed by atoms with Gasteiger partial charge in [0.1, 0.15) is 5.56 Å². The second-order valence-corrected chi connectivity index (χ2v) is 9.98. The van der Waals surface area contributed by atoms with Crippen LogP contribution in [0, 0.1) is 20.2 Å². The fraction of sp³-hybridized carbons (Fsp3) is 0.0455. The van der Waals surface area contributed by atoms with Gasteiger partial charge in [0, 0.05) is 17.9 Å². The highest BCUT2D eigenvalue weighted by Crippen LogP contribution is 2.39. The molecule has 0 bridgehead atoms. The molecule has 0 atom stereocenters. The summed E-state index contributed by atoms with van der Waals surface area (Å²) in [4.78, 5) is 52.8. The lowest BCUT2D eigenvalue weighted by molar-refractivity contribution is -0.385. The van der Waals surface area contributed by atoms with Crippen molar-refractivity contribution in [2.45, 2.75) is 10.1 Å². The number of carbonyl (C=O) groups is 2. The smallest absolute Gasteiger partial charge is 0.268 e. The van der Waals surface area contributed by atoms with E-state index >= 15 is 0 Å². The number of anilines is 1. The van der Waals surface area contributed by atoms with Gasteiger partial charge < -0.3 is 0 Å². The first-order valence-corrected chi connectivity index (χ1v) is 12.1. The van der Waals surface area contributed by atoms with Crippen LogP contribution >= 0.6 is 34.7 Å². The molecule has 1 aliphatic heterocycles. The molecule has 0 fully saturated rings. The van der Waals surface area contributed by atoms with Crippen molar-refractivity contribution in [2.75, 3.05) is 4.90 Å². The SMILES string of the molecule is O=C1c2cccc([N+](=O)[O-])c2C(=O)N1c1ccc2nc(SCc3c(Cl)cccc3[N+](=O)[O-])sc2c1. The molecule has 174 valence electrons. The molecule has 0 unspecified atom stereocenters. The number of nitrogens with zero attached hydrogens (tertiary/aromatic N) is 4. The number of rotatable bonds is 6. The minimum absolute atomic E-state index is 0.0221. The normalized spacial score (nSPS) is 12.9. The Balaban J connectivity index is 1.44. The van der Waals surface area contributed by atoms with Crippen molar-refractivity contribution in [3.8, 4) is 0 Å². The van der Waals surface area contributed by atoms with Crippen LogP contribution in [0.4, 0.5) is 17.1 Å². The molecule has 1 aliphatic rings. The standard InChI is InChI=1S/C22H11ClN4O6S2/c23-14-4-2-5-16(26(30)31)13(14)10-34-22-24-15-8-7-11(9-18(15)35-22)25-20(28)12-3-1-6-17(27(32)33)19(12)21(25)29/h1-9H,10H2. The Kier molecular flexibility index (Phi) is 5.71. The maximum absolute atomic E-state index is 13.0. The van der Waals surface area contributed by atoms with E-state index in [1.165, 1.54) is 53.4 Å². The maximum Gasteiger partial charge on any atom is 0.283 e. The molecule has 0 aliphatic carbocycles. The summed E-state index contributed by atoms with van der Waals surface area (Å²) in [5, 5.41) is 22.9. The van der Waals surface area contributed by atoms with Crippen molar-refractivity contribution in [3.05, 3.63) is 96.5 Å². The molecule has 10 nitrogen and oxygen atoms in total. The summed E-state index contributed by atoms with van der Waals surface area (Å²) in [6, 6.07) is 13.2. The fourth-order valence-electron chi connectivity index (χ4n) is 3.74. The van der Waals surface area contributed by atoms with E-state index in [2.05, 4.69) is 4.98 Å². The van der Waals surface area contributed by atoms with Gasteiger partial charge in [0.05, 0.1) is 41.9 Å². The molecule has 4 aromatic rings. The van der Waals surface area contributed by atoms with Gasteiger partial charge in [-0.3, -0.25) is 29.8 Å². The van der Waals surface area contributed by atoms with Crippen LogP contribution in [0.2, 0.25) is 5.02 Å². The summed E-state index contributed by atoms with van der Waals surface area (Å²) in [5.41, 5.74) is 0.507. The van der Waals surface area contributed by atoms with Crippen molar-refractivity contribution in [3.63, 3.8) is 0 Å². The average Bonchev–Trinajstić information content (AvgIpc) is 3.35. The minimum Gasteiger partial charge on any atom is -0.268 e. The van der Waals surface area contributed by atoms with E-state index < -0.39 is 27.3 Å². The van der Waals surface area contributed by atoms with E-state index in [0.29, 0.717) is 20.1 Å². The number of carbonyl (C=O) groups excluding carboxylic acids is 2. The quantitative estimate of drug-likeness (QED) is 0.132. The second-order valence-electron chi connectivity index (χ2n) is 7.32. The minimum atomic E-state index is -0.762. The van der Waals surface area contributed by atoms with E-state index in [-0.39, 0.29) is 33.3 Å². The van der Waals surface area contributed by atoms with Gasteiger partial charge in [0.25, 0.3) is 23.2 Å². The Morgan fingerprint density at radius 2 is 1.69 bits per heavy atom. The Morgan fingerprint density at radius 1 is 0.971 bits per heavy atom. The summed E-state index contributed by atoms with van der Waals surface area (Å²) in [7, 11) is 0. The molecule has 1 aromatic heterocycles. The number of imide groups is 1. The Morgan fingerprint density at radius 3 is 2.43 bits per heavy atom. The number of hydrogen-bond donors (Lipinski definition) is 0. The van der Waals surface area contributed by atoms with Gasteiger partial charge >= 0.3 is 0 Å². The molecule has 0 N–H and O–H groups in total. The van der Waals surface area contributed by atoms with E-state index in [0.717, 1.165) is 4.90 Å². The van der Waals surface area contributed by atoms with E-state index in [9.17, 15) is 29.8 Å². The highest BCUT2D eigenvalue weighted by atomic mass is 35.5. The highest BCUT2D eigenvalue weighted by Gasteiger charge is 2.41. The van der Waals surface area contributed by atoms with Gasteiger partial charge in [-0.2, -0.15) is 0 Å². The number of nitro benzene ring substituents is 2. The molecular weight excluding hydrogens is 516 g/mol. The lowest BCUT2D eigenvalue weighted by atomic mass is 10.1. The lowest BCUT2D eigenvalue weighted by Gasteiger charge is -2.13. The third kappa shape index (κ3) is 3.91. The first-order chi connectivity index (χ1) is 16.8. The van der Waals surface area contributed by atoms with Crippen molar-refractivity contribution in [1.29, 1.82) is 0 Å². The number of fused-ring (bicyclic) bond motifs is 2. The van der Waals surface area contributed by atoms with E-state index in [4.69, 9.17) is 11.6 Å². The van der Waals surface area contributed by atoms with Gasteiger partial charge in [0.15, 0.2) is 4.34 Å². The topological polar surface area (TPSA) is 137 Å². The number of halogens is 1. The molecular formula is C22H11ClN4O6S2. The van der Waals surface area contributed by atoms with E-state index in [1.54, 1.807) is 24.3 Å². The first kappa shape index (κ1) is 22.9. The number of benzene rings is 3. The summed E-state index contributed by atoms with van der Waals surface area (Å²) < 4.78 is 1.29. The van der Waals surface area contributed by atoms with Crippen LogP contribution in [0.3, 0.4) is 0 Å². The zero-order chi connectivity index (χ0) is 24.9. The van der Waals surface area contributed by atoms with Crippen LogP contribution < -0.4 is 4.90 Å². The Hall–Kier alpha value is -3.87. The lowest BCUT2D eigenvalue weighted by Crippen LogP contribution is -2.29. The number of amides is 2. The predicted molar refractivity (Wildman–Crippen MR) is 132 cm³/mol. The van der Waals surface area contributed by atoms with Crippen LogP contribution in [-0.4, -0.2) is 26.6 Å². The molecule has 35 heavy (non-hydrogen) atoms. The fourth-order valence-corrected chi connectivity index (χ4v) is 6.20. The summed E-state index contributed by atoms with van der Waals surface area (Å²) in [6.45, 7) is 0. The Labute approximate surface area is 209 Å². The Bertz CT molecular complexity index is 1590. The predicted octanol–water partition coefficient (Wildman–Crippen LogP) is 5.86. The van der Waals surface area contributed by atoms with Gasteiger partial charge in [-0.25, -0.2) is 9.88 Å². The average molecular weight is 527 g/mol. The third-order valence-corrected chi connectivity index (χ3v) is 7.87. The molecule has 13 heteroatoms. The van der Waals surface area contributed by atoms with Gasteiger partial charge in [0.2, 0.25) is 0 Å². The zero-order valence-corrected chi connectivity index (χ0v) is 19.7. The summed E-state index contributed by atoms with van der Waals surface area (Å²) >= 11 is 8.72. The van der Waals surface area contributed by atoms with Gasteiger partial charge in [-0.05, 0) is 30.3 Å². The van der Waals surface area contributed by atoms with Crippen LogP contribution in [-0.2, 0) is 5.75 Å². The third-order valence-electron chi connectivity index (χ3n) is 5.33.